The molecule has 2 aromatic carbocycles. The second-order valence-electron chi connectivity index (χ2n) is 15.7. The molecule has 13 heteroatoms. The van der Waals surface area contributed by atoms with Crippen molar-refractivity contribution in [2.75, 3.05) is 36.4 Å². The van der Waals surface area contributed by atoms with Crippen molar-refractivity contribution in [2.24, 2.45) is 17.1 Å². The number of nitrogens with two attached hydrogens (primary N) is 1. The van der Waals surface area contributed by atoms with Crippen LogP contribution >= 0.6 is 0 Å². The number of aliphatic hydroxyl groups is 1. The van der Waals surface area contributed by atoms with Crippen molar-refractivity contribution in [3.63, 3.8) is 0 Å². The molecule has 278 valence electrons. The Bertz CT molecular complexity index is 1940. The summed E-state index contributed by atoms with van der Waals surface area (Å²) in [7, 11) is -4.55. The molecule has 3 heterocycles. The van der Waals surface area contributed by atoms with E-state index < -0.39 is 37.5 Å². The van der Waals surface area contributed by atoms with Gasteiger partial charge in [-0.25, -0.2) is 13.4 Å². The first-order chi connectivity index (χ1) is 24.9. The number of para-hydroxylation sites is 1. The number of nitrogens with zero attached hydrogens (tertiary/aromatic N) is 4. The zero-order valence-electron chi connectivity index (χ0n) is 30.0. The number of aromatic nitrogens is 1. The molecule has 12 nitrogen and oxygen atoms in total. The number of piperidine rings is 1. The van der Waals surface area contributed by atoms with E-state index >= 15 is 0 Å². The lowest BCUT2D eigenvalue weighted by Gasteiger charge is -2.56. The molecule has 1 aromatic heterocycles. The van der Waals surface area contributed by atoms with Crippen molar-refractivity contribution in [1.82, 2.24) is 9.88 Å². The smallest absolute Gasteiger partial charge is 0.293 e. The molecule has 1 amide bonds. The third kappa shape index (κ3) is 6.90. The Labute approximate surface area is 305 Å². The van der Waals surface area contributed by atoms with Gasteiger partial charge in [0, 0.05) is 37.8 Å². The SMILES string of the molecule is CC(C)c1ccccc1[C@@H]1CCCN1C1CC2(CCN(c3ccc(C(N)=O)c(S(=O)(=O)c4cccc([N+](=O)[O-])c4NC[C@@H]4CCC(O)C4)n3)CC2)C1. The standard InChI is InChI=1S/C39H50N6O6S/c1-25(2)29-7-3-4-8-30(29)32-10-6-18-44(32)27-22-39(23-27)16-19-43(20-17-39)35-15-14-31(37(40)47)38(42-35)52(50,51)34-11-5-9-33(45(48)49)36(34)41-24-26-12-13-28(46)21-26/h3-5,7-9,11,14-15,25-28,32,41,46H,6,10,12-13,16-24H2,1-2H3,(H2,40,47)/t26-,28?,32+/m1/s1. The van der Waals surface area contributed by atoms with Crippen LogP contribution in [0, 0.1) is 21.4 Å². The molecule has 7 rings (SSSR count). The number of hydrogen-bond acceptors (Lipinski definition) is 10. The predicted octanol–water partition coefficient (Wildman–Crippen LogP) is 6.20. The summed E-state index contributed by atoms with van der Waals surface area (Å²) in [5.41, 5.74) is 8.01. The van der Waals surface area contributed by atoms with Gasteiger partial charge in [-0.05, 0) is 111 Å². The molecule has 2 saturated heterocycles. The number of pyridine rings is 1. The fourth-order valence-corrected chi connectivity index (χ4v) is 10.9. The molecular formula is C39H50N6O6S. The van der Waals surface area contributed by atoms with Crippen molar-refractivity contribution in [3.8, 4) is 0 Å². The van der Waals surface area contributed by atoms with E-state index in [1.165, 1.54) is 48.2 Å². The van der Waals surface area contributed by atoms with E-state index in [1.807, 2.05) is 0 Å². The zero-order chi connectivity index (χ0) is 36.8. The molecule has 2 aliphatic carbocycles. The Balaban J connectivity index is 1.08. The van der Waals surface area contributed by atoms with E-state index in [4.69, 9.17) is 5.73 Å². The van der Waals surface area contributed by atoms with Gasteiger partial charge >= 0.3 is 0 Å². The van der Waals surface area contributed by atoms with Gasteiger partial charge in [0.05, 0.1) is 16.6 Å². The maximum absolute atomic E-state index is 14.3. The first kappa shape index (κ1) is 36.3. The van der Waals surface area contributed by atoms with Gasteiger partial charge < -0.3 is 21.1 Å². The van der Waals surface area contributed by atoms with Crippen LogP contribution in [-0.2, 0) is 9.84 Å². The number of primary amides is 1. The van der Waals surface area contributed by atoms with E-state index in [2.05, 4.69) is 58.2 Å². The number of aliphatic hydroxyl groups excluding tert-OH is 1. The number of nitrogens with one attached hydrogen (secondary N) is 1. The molecule has 2 aliphatic heterocycles. The molecular weight excluding hydrogens is 681 g/mol. The van der Waals surface area contributed by atoms with E-state index in [9.17, 15) is 28.4 Å². The summed E-state index contributed by atoms with van der Waals surface area (Å²) in [4.78, 5) is 33.0. The first-order valence-electron chi connectivity index (χ1n) is 18.7. The average Bonchev–Trinajstić information content (AvgIpc) is 3.78. The lowest BCUT2D eigenvalue weighted by molar-refractivity contribution is -0.384. The lowest BCUT2D eigenvalue weighted by atomic mass is 9.60. The summed E-state index contributed by atoms with van der Waals surface area (Å²) in [5.74, 6) is -0.00939. The molecule has 0 radical (unpaired) electrons. The second-order valence-corrected chi connectivity index (χ2v) is 17.6. The van der Waals surface area contributed by atoms with Crippen LogP contribution in [0.3, 0.4) is 0 Å². The highest BCUT2D eigenvalue weighted by Crippen LogP contribution is 2.54. The zero-order valence-corrected chi connectivity index (χ0v) is 30.9. The van der Waals surface area contributed by atoms with E-state index in [0.717, 1.165) is 38.6 Å². The highest BCUT2D eigenvalue weighted by molar-refractivity contribution is 7.91. The Morgan fingerprint density at radius 1 is 1.06 bits per heavy atom. The Kier molecular flexibility index (Phi) is 10.0. The minimum atomic E-state index is -4.55. The third-order valence-electron chi connectivity index (χ3n) is 12.2. The number of benzene rings is 2. The van der Waals surface area contributed by atoms with Crippen LogP contribution in [0.4, 0.5) is 17.2 Å². The van der Waals surface area contributed by atoms with Crippen LogP contribution in [-0.4, -0.2) is 72.6 Å². The quantitative estimate of drug-likeness (QED) is 0.152. The van der Waals surface area contributed by atoms with Crippen molar-refractivity contribution in [1.29, 1.82) is 0 Å². The largest absolute Gasteiger partial charge is 0.393 e. The van der Waals surface area contributed by atoms with Gasteiger partial charge in [-0.15, -0.1) is 0 Å². The third-order valence-corrected chi connectivity index (χ3v) is 13.9. The van der Waals surface area contributed by atoms with Gasteiger partial charge in [-0.2, -0.15) is 0 Å². The van der Waals surface area contributed by atoms with Crippen LogP contribution in [0.25, 0.3) is 0 Å². The van der Waals surface area contributed by atoms with E-state index in [-0.39, 0.29) is 34.0 Å². The maximum Gasteiger partial charge on any atom is 0.293 e. The molecule has 4 aliphatic rings. The van der Waals surface area contributed by atoms with Crippen LogP contribution < -0.4 is 16.0 Å². The second kappa shape index (κ2) is 14.4. The summed E-state index contributed by atoms with van der Waals surface area (Å²) in [6.07, 6.45) is 8.04. The molecule has 1 unspecified atom stereocenters. The lowest BCUT2D eigenvalue weighted by Crippen LogP contribution is -2.55. The highest BCUT2D eigenvalue weighted by atomic mass is 32.2. The summed E-state index contributed by atoms with van der Waals surface area (Å²) in [6, 6.07) is 16.8. The molecule has 4 fully saturated rings. The number of carbonyl (C=O) groups is 1. The van der Waals surface area contributed by atoms with Gasteiger partial charge in [-0.1, -0.05) is 44.2 Å². The monoisotopic (exact) mass is 730 g/mol. The van der Waals surface area contributed by atoms with Gasteiger partial charge in [0.1, 0.15) is 16.4 Å². The molecule has 3 atom stereocenters. The minimum Gasteiger partial charge on any atom is -0.393 e. The summed E-state index contributed by atoms with van der Waals surface area (Å²) in [6.45, 7) is 7.32. The van der Waals surface area contributed by atoms with Crippen molar-refractivity contribution in [3.05, 3.63) is 81.4 Å². The van der Waals surface area contributed by atoms with E-state index in [0.29, 0.717) is 49.8 Å². The number of likely N-dealkylation sites (tertiary alicyclic amines) is 1. The van der Waals surface area contributed by atoms with E-state index in [1.54, 1.807) is 6.07 Å². The summed E-state index contributed by atoms with van der Waals surface area (Å²) in [5, 5.41) is 24.5. The van der Waals surface area contributed by atoms with Crippen LogP contribution in [0.15, 0.2) is 64.5 Å². The Morgan fingerprint density at radius 2 is 1.81 bits per heavy atom. The fourth-order valence-electron chi connectivity index (χ4n) is 9.35. The normalized spacial score (nSPS) is 23.6. The number of amides is 1. The first-order valence-corrected chi connectivity index (χ1v) is 20.2. The molecule has 0 bridgehead atoms. The number of carbonyl (C=O) groups excluding carboxylic acids is 1. The van der Waals surface area contributed by atoms with Gasteiger partial charge in [0.25, 0.3) is 11.6 Å². The van der Waals surface area contributed by atoms with Gasteiger partial charge in [-0.3, -0.25) is 19.8 Å². The average molecular weight is 731 g/mol. The predicted molar refractivity (Wildman–Crippen MR) is 199 cm³/mol. The minimum absolute atomic E-state index is 0.0275. The number of nitro groups is 1. The van der Waals surface area contributed by atoms with Gasteiger partial charge in [0.2, 0.25) is 9.84 Å². The summed E-state index contributed by atoms with van der Waals surface area (Å²) < 4.78 is 28.7. The van der Waals surface area contributed by atoms with Gasteiger partial charge in [0.15, 0.2) is 5.03 Å². The van der Waals surface area contributed by atoms with Crippen molar-refractivity contribution < 1.29 is 23.2 Å². The Hall–Kier alpha value is -4.07. The van der Waals surface area contributed by atoms with Crippen LogP contribution in [0.1, 0.15) is 105 Å². The number of hydrogen-bond donors (Lipinski definition) is 3. The van der Waals surface area contributed by atoms with Crippen LogP contribution in [0.2, 0.25) is 0 Å². The van der Waals surface area contributed by atoms with Crippen molar-refractivity contribution >= 4 is 32.9 Å². The fraction of sp³-hybridized carbons (Fsp3) is 0.538. The number of anilines is 2. The molecule has 52 heavy (non-hydrogen) atoms. The number of rotatable bonds is 11. The highest BCUT2D eigenvalue weighted by Gasteiger charge is 2.50. The Morgan fingerprint density at radius 3 is 2.48 bits per heavy atom. The maximum atomic E-state index is 14.3. The molecule has 4 N–H and O–H groups in total. The number of sulfone groups is 1. The number of nitro benzene ring substituents is 1. The molecule has 3 aromatic rings. The molecule has 2 saturated carbocycles. The topological polar surface area (TPSA) is 172 Å². The molecule has 1 spiro atoms. The van der Waals surface area contributed by atoms with Crippen molar-refractivity contribution in [2.45, 2.75) is 106 Å². The van der Waals surface area contributed by atoms with Crippen LogP contribution in [0.5, 0.6) is 0 Å². The summed E-state index contributed by atoms with van der Waals surface area (Å²) >= 11 is 0.